The molecule has 2 N–H and O–H groups in total. The molecule has 0 bridgehead atoms. The third-order valence-corrected chi connectivity index (χ3v) is 4.83. The molecular formula is C17H19F3N4O4. The molecule has 1 saturated carbocycles. The average Bonchev–Trinajstić information content (AvgIpc) is 3.26. The monoisotopic (exact) mass is 400 g/mol. The number of pyridine rings is 1. The first kappa shape index (κ1) is 19.9. The number of aromatic nitrogens is 1. The highest BCUT2D eigenvalue weighted by Crippen LogP contribution is 2.35. The number of carboxylic acids is 1. The molecule has 3 fully saturated rings. The summed E-state index contributed by atoms with van der Waals surface area (Å²) in [6, 6.07) is 4.10. The molecule has 1 aromatic rings. The van der Waals surface area contributed by atoms with Crippen molar-refractivity contribution in [3.05, 3.63) is 24.5 Å². The zero-order valence-corrected chi connectivity index (χ0v) is 14.7. The van der Waals surface area contributed by atoms with Gasteiger partial charge in [0.05, 0.1) is 17.8 Å². The molecule has 8 nitrogen and oxygen atoms in total. The van der Waals surface area contributed by atoms with Crippen LogP contribution in [0.15, 0.2) is 24.5 Å². The van der Waals surface area contributed by atoms with Crippen LogP contribution in [0.3, 0.4) is 0 Å². The van der Waals surface area contributed by atoms with Gasteiger partial charge < -0.3 is 20.2 Å². The Morgan fingerprint density at radius 3 is 2.39 bits per heavy atom. The third kappa shape index (κ3) is 4.52. The van der Waals surface area contributed by atoms with Crippen molar-refractivity contribution in [2.24, 2.45) is 11.8 Å². The summed E-state index contributed by atoms with van der Waals surface area (Å²) in [5, 5.41) is 10.1. The van der Waals surface area contributed by atoms with Crippen LogP contribution < -0.4 is 10.2 Å². The van der Waals surface area contributed by atoms with Crippen LogP contribution in [0.25, 0.3) is 0 Å². The number of hydrogen-bond acceptors (Lipinski definition) is 4. The minimum Gasteiger partial charge on any atom is -0.475 e. The fourth-order valence-electron chi connectivity index (χ4n) is 3.27. The molecule has 28 heavy (non-hydrogen) atoms. The molecule has 4 rings (SSSR count). The van der Waals surface area contributed by atoms with E-state index < -0.39 is 12.1 Å². The fourth-order valence-corrected chi connectivity index (χ4v) is 3.27. The van der Waals surface area contributed by atoms with E-state index in [0.717, 1.165) is 18.5 Å². The molecule has 2 aliphatic heterocycles. The van der Waals surface area contributed by atoms with Crippen LogP contribution in [0.4, 0.5) is 23.7 Å². The molecule has 11 heteroatoms. The quantitative estimate of drug-likeness (QED) is 0.783. The molecule has 0 unspecified atom stereocenters. The zero-order chi connectivity index (χ0) is 20.5. The number of anilines is 1. The van der Waals surface area contributed by atoms with Gasteiger partial charge >= 0.3 is 18.2 Å². The number of fused-ring (bicyclic) bond motifs is 1. The van der Waals surface area contributed by atoms with E-state index in [-0.39, 0.29) is 23.8 Å². The highest BCUT2D eigenvalue weighted by molar-refractivity contribution is 5.98. The number of aliphatic carboxylic acids is 1. The van der Waals surface area contributed by atoms with Crippen molar-refractivity contribution in [1.82, 2.24) is 15.2 Å². The van der Waals surface area contributed by atoms with E-state index in [2.05, 4.69) is 10.3 Å². The normalized spacial score (nSPS) is 23.8. The van der Waals surface area contributed by atoms with Crippen LogP contribution in [0.1, 0.15) is 12.8 Å². The molecule has 3 heterocycles. The Hall–Kier alpha value is -2.85. The minimum atomic E-state index is -5.08. The van der Waals surface area contributed by atoms with E-state index in [0.29, 0.717) is 25.7 Å². The molecule has 1 aromatic heterocycles. The second-order valence-electron chi connectivity index (χ2n) is 6.96. The lowest BCUT2D eigenvalue weighted by molar-refractivity contribution is -0.192. The number of rotatable bonds is 2. The van der Waals surface area contributed by atoms with Crippen molar-refractivity contribution in [1.29, 1.82) is 0 Å². The second-order valence-corrected chi connectivity index (χ2v) is 6.96. The summed E-state index contributed by atoms with van der Waals surface area (Å²) in [6.07, 6.45) is 0.506. The largest absolute Gasteiger partial charge is 0.490 e. The maximum Gasteiger partial charge on any atom is 0.490 e. The van der Waals surface area contributed by atoms with Gasteiger partial charge in [0.2, 0.25) is 5.91 Å². The average molecular weight is 400 g/mol. The smallest absolute Gasteiger partial charge is 0.475 e. The van der Waals surface area contributed by atoms with E-state index in [1.807, 2.05) is 12.1 Å². The lowest BCUT2D eigenvalue weighted by Gasteiger charge is -2.22. The topological polar surface area (TPSA) is 103 Å². The van der Waals surface area contributed by atoms with E-state index in [4.69, 9.17) is 9.90 Å². The summed E-state index contributed by atoms with van der Waals surface area (Å²) in [4.78, 5) is 41.2. The Balaban J connectivity index is 0.000000279. The maximum absolute atomic E-state index is 12.5. The van der Waals surface area contributed by atoms with E-state index in [1.165, 1.54) is 0 Å². The standard InChI is InChI=1S/C15H18N4O2.C2HF3O2/c20-14-13-9-18(15(21)17-11-3-4-11)7-10(13)8-19(14)12-2-1-5-16-6-12;3-2(4,5)1(6)7/h1-2,5-6,10-11,13H,3-4,7-9H2,(H,17,21);(H,6,7)/t10-,13-;/m0./s1. The molecule has 2 saturated heterocycles. The Kier molecular flexibility index (Phi) is 5.43. The molecule has 3 amide bonds. The van der Waals surface area contributed by atoms with Crippen LogP contribution in [0.2, 0.25) is 0 Å². The van der Waals surface area contributed by atoms with Gasteiger partial charge in [-0.1, -0.05) is 0 Å². The fraction of sp³-hybridized carbons (Fsp3) is 0.529. The van der Waals surface area contributed by atoms with Gasteiger partial charge in [-0.05, 0) is 25.0 Å². The summed E-state index contributed by atoms with van der Waals surface area (Å²) >= 11 is 0. The van der Waals surface area contributed by atoms with E-state index in [1.54, 1.807) is 22.2 Å². The van der Waals surface area contributed by atoms with Crippen molar-refractivity contribution < 1.29 is 32.7 Å². The van der Waals surface area contributed by atoms with Crippen LogP contribution in [-0.4, -0.2) is 64.8 Å². The number of nitrogens with zero attached hydrogens (tertiary/aromatic N) is 3. The summed E-state index contributed by atoms with van der Waals surface area (Å²) in [5.41, 5.74) is 0.853. The summed E-state index contributed by atoms with van der Waals surface area (Å²) in [6.45, 7) is 1.90. The van der Waals surface area contributed by atoms with Crippen LogP contribution in [0, 0.1) is 11.8 Å². The highest BCUT2D eigenvalue weighted by atomic mass is 19.4. The molecule has 2 atom stereocenters. The van der Waals surface area contributed by atoms with Crippen molar-refractivity contribution in [3.63, 3.8) is 0 Å². The Morgan fingerprint density at radius 1 is 1.21 bits per heavy atom. The number of hydrogen-bond donors (Lipinski definition) is 2. The Labute approximate surface area is 158 Å². The number of alkyl halides is 3. The molecule has 0 spiro atoms. The SMILES string of the molecule is O=C(NC1CC1)N1C[C@H]2CN(c3cccnc3)C(=O)[C@H]2C1.O=C(O)C(F)(F)F. The summed E-state index contributed by atoms with van der Waals surface area (Å²) in [5.74, 6) is -2.46. The number of halogens is 3. The van der Waals surface area contributed by atoms with Crippen molar-refractivity contribution in [2.75, 3.05) is 24.5 Å². The predicted octanol–water partition coefficient (Wildman–Crippen LogP) is 1.48. The first-order valence-corrected chi connectivity index (χ1v) is 8.73. The molecule has 0 aromatic carbocycles. The van der Waals surface area contributed by atoms with E-state index in [9.17, 15) is 22.8 Å². The van der Waals surface area contributed by atoms with Gasteiger partial charge in [-0.25, -0.2) is 9.59 Å². The number of likely N-dealkylation sites (tertiary alicyclic amines) is 1. The van der Waals surface area contributed by atoms with Gasteiger partial charge in [0.25, 0.3) is 0 Å². The first-order chi connectivity index (χ1) is 13.2. The Morgan fingerprint density at radius 2 is 1.89 bits per heavy atom. The lowest BCUT2D eigenvalue weighted by atomic mass is 10.0. The van der Waals surface area contributed by atoms with Gasteiger partial charge in [-0.2, -0.15) is 13.2 Å². The number of urea groups is 1. The second kappa shape index (κ2) is 7.64. The van der Waals surface area contributed by atoms with Gasteiger partial charge in [0.15, 0.2) is 0 Å². The number of nitrogens with one attached hydrogen (secondary N) is 1. The minimum absolute atomic E-state index is 0.00683. The molecular weight excluding hydrogens is 381 g/mol. The molecule has 152 valence electrons. The van der Waals surface area contributed by atoms with Crippen molar-refractivity contribution >= 4 is 23.6 Å². The number of amides is 3. The van der Waals surface area contributed by atoms with Gasteiger partial charge in [-0.15, -0.1) is 0 Å². The first-order valence-electron chi connectivity index (χ1n) is 8.73. The van der Waals surface area contributed by atoms with Crippen LogP contribution >= 0.6 is 0 Å². The predicted molar refractivity (Wildman–Crippen MR) is 90.4 cm³/mol. The number of carbonyl (C=O) groups excluding carboxylic acids is 2. The highest BCUT2D eigenvalue weighted by Gasteiger charge is 2.48. The van der Waals surface area contributed by atoms with Crippen molar-refractivity contribution in [2.45, 2.75) is 25.1 Å². The zero-order valence-electron chi connectivity index (χ0n) is 14.7. The summed E-state index contributed by atoms with van der Waals surface area (Å²) in [7, 11) is 0. The maximum atomic E-state index is 12.5. The molecule has 0 radical (unpaired) electrons. The number of carbonyl (C=O) groups is 3. The van der Waals surface area contributed by atoms with Gasteiger partial charge in [0, 0.05) is 37.8 Å². The molecule has 3 aliphatic rings. The van der Waals surface area contributed by atoms with Crippen LogP contribution in [0.5, 0.6) is 0 Å². The van der Waals surface area contributed by atoms with E-state index >= 15 is 0 Å². The van der Waals surface area contributed by atoms with Gasteiger partial charge in [0.1, 0.15) is 0 Å². The lowest BCUT2D eigenvalue weighted by Crippen LogP contribution is -2.42. The van der Waals surface area contributed by atoms with Gasteiger partial charge in [-0.3, -0.25) is 9.78 Å². The number of carboxylic acid groups (broad SMARTS) is 1. The summed E-state index contributed by atoms with van der Waals surface area (Å²) < 4.78 is 31.7. The third-order valence-electron chi connectivity index (χ3n) is 4.83. The van der Waals surface area contributed by atoms with Crippen molar-refractivity contribution in [3.8, 4) is 0 Å². The van der Waals surface area contributed by atoms with Crippen LogP contribution in [-0.2, 0) is 9.59 Å². The Bertz CT molecular complexity index is 755. The molecule has 1 aliphatic carbocycles.